The van der Waals surface area contributed by atoms with Crippen molar-refractivity contribution >= 4 is 18.2 Å². The Morgan fingerprint density at radius 2 is 1.69 bits per heavy atom. The Morgan fingerprint density at radius 3 is 2.38 bits per heavy atom. The van der Waals surface area contributed by atoms with E-state index in [0.717, 1.165) is 29.5 Å². The van der Waals surface area contributed by atoms with E-state index in [9.17, 15) is 5.11 Å². The van der Waals surface area contributed by atoms with E-state index >= 15 is 0 Å². The topological polar surface area (TPSA) is 20.2 Å². The molecule has 0 aliphatic carbocycles. The van der Waals surface area contributed by atoms with Crippen LogP contribution in [0.25, 0.3) is 18.2 Å². The summed E-state index contributed by atoms with van der Waals surface area (Å²) in [6.45, 7) is 10.5. The lowest BCUT2D eigenvalue weighted by Crippen LogP contribution is -2.08. The van der Waals surface area contributed by atoms with Crippen molar-refractivity contribution in [3.05, 3.63) is 108 Å². The van der Waals surface area contributed by atoms with Crippen LogP contribution in [-0.2, 0) is 0 Å². The van der Waals surface area contributed by atoms with Gasteiger partial charge in [0.05, 0.1) is 0 Å². The number of hydrogen-bond donors (Lipinski definition) is 1. The first-order valence-corrected chi connectivity index (χ1v) is 10.1. The standard InChI is InChI=1S/C28H32O/c1-5-28(4,20-11-12-23(2)3)21-19-25-17-18-27(29)26(22-25)16-10-9-15-24-13-7-6-8-14-24/h5-10,12-19,21-22,29H,1,11,20H2,2-4H3/b15-9+,16-10+,21-19+/t28-/m1/s1. The molecule has 29 heavy (non-hydrogen) atoms. The van der Waals surface area contributed by atoms with Gasteiger partial charge in [0.2, 0.25) is 0 Å². The van der Waals surface area contributed by atoms with E-state index in [1.54, 1.807) is 6.07 Å². The van der Waals surface area contributed by atoms with E-state index in [4.69, 9.17) is 0 Å². The minimum atomic E-state index is -0.0573. The van der Waals surface area contributed by atoms with Gasteiger partial charge in [0.15, 0.2) is 0 Å². The summed E-state index contributed by atoms with van der Waals surface area (Å²) in [4.78, 5) is 0. The molecule has 0 aliphatic rings. The molecule has 0 fully saturated rings. The lowest BCUT2D eigenvalue weighted by Gasteiger charge is -2.20. The lowest BCUT2D eigenvalue weighted by molar-refractivity contribution is 0.474. The molecule has 0 unspecified atom stereocenters. The zero-order valence-electron chi connectivity index (χ0n) is 17.8. The van der Waals surface area contributed by atoms with Crippen molar-refractivity contribution in [2.45, 2.75) is 33.6 Å². The summed E-state index contributed by atoms with van der Waals surface area (Å²) in [5.74, 6) is 0.279. The molecule has 1 heteroatoms. The number of rotatable bonds is 9. The summed E-state index contributed by atoms with van der Waals surface area (Å²) >= 11 is 0. The Balaban J connectivity index is 2.09. The number of benzene rings is 2. The summed E-state index contributed by atoms with van der Waals surface area (Å²) in [6, 6.07) is 15.8. The highest BCUT2D eigenvalue weighted by atomic mass is 16.3. The number of aromatic hydroxyl groups is 1. The van der Waals surface area contributed by atoms with Gasteiger partial charge in [-0.05, 0) is 49.9 Å². The summed E-state index contributed by atoms with van der Waals surface area (Å²) in [5.41, 5.74) is 4.30. The number of phenols is 1. The van der Waals surface area contributed by atoms with E-state index < -0.39 is 0 Å². The second-order valence-electron chi connectivity index (χ2n) is 7.81. The predicted octanol–water partition coefficient (Wildman–Crippen LogP) is 8.07. The van der Waals surface area contributed by atoms with Gasteiger partial charge in [-0.1, -0.05) is 97.5 Å². The monoisotopic (exact) mass is 384 g/mol. The van der Waals surface area contributed by atoms with Crippen LogP contribution in [0.1, 0.15) is 50.3 Å². The molecule has 0 saturated heterocycles. The zero-order valence-corrected chi connectivity index (χ0v) is 17.8. The van der Waals surface area contributed by atoms with Gasteiger partial charge in [-0.3, -0.25) is 0 Å². The summed E-state index contributed by atoms with van der Waals surface area (Å²) in [6.07, 6.45) is 18.5. The number of phenolic OH excluding ortho intramolecular Hbond substituents is 1. The average molecular weight is 385 g/mol. The minimum Gasteiger partial charge on any atom is -0.507 e. The van der Waals surface area contributed by atoms with Gasteiger partial charge in [0, 0.05) is 11.0 Å². The Labute approximate surface area is 176 Å². The van der Waals surface area contributed by atoms with Crippen LogP contribution in [-0.4, -0.2) is 5.11 Å². The first-order chi connectivity index (χ1) is 13.9. The van der Waals surface area contributed by atoms with Gasteiger partial charge in [-0.15, -0.1) is 6.58 Å². The van der Waals surface area contributed by atoms with Gasteiger partial charge in [-0.2, -0.15) is 0 Å². The molecular weight excluding hydrogens is 352 g/mol. The van der Waals surface area contributed by atoms with Gasteiger partial charge in [0.25, 0.3) is 0 Å². The highest BCUT2D eigenvalue weighted by Gasteiger charge is 2.15. The van der Waals surface area contributed by atoms with Crippen LogP contribution in [0.3, 0.4) is 0 Å². The third-order valence-electron chi connectivity index (χ3n) is 4.89. The van der Waals surface area contributed by atoms with Crippen LogP contribution < -0.4 is 0 Å². The van der Waals surface area contributed by atoms with Gasteiger partial charge in [-0.25, -0.2) is 0 Å². The van der Waals surface area contributed by atoms with Crippen molar-refractivity contribution in [2.24, 2.45) is 5.41 Å². The fourth-order valence-electron chi connectivity index (χ4n) is 2.91. The molecule has 2 aromatic rings. The summed E-state index contributed by atoms with van der Waals surface area (Å²) < 4.78 is 0. The third-order valence-corrected chi connectivity index (χ3v) is 4.89. The molecule has 1 nitrogen and oxygen atoms in total. The van der Waals surface area contributed by atoms with Crippen molar-refractivity contribution in [3.63, 3.8) is 0 Å². The Kier molecular flexibility index (Phi) is 8.48. The maximum atomic E-state index is 10.2. The minimum absolute atomic E-state index is 0.0573. The number of allylic oxidation sites excluding steroid dienone is 6. The molecule has 2 rings (SSSR count). The van der Waals surface area contributed by atoms with Crippen LogP contribution in [0.2, 0.25) is 0 Å². The quantitative estimate of drug-likeness (QED) is 0.342. The van der Waals surface area contributed by atoms with Crippen LogP contribution in [0, 0.1) is 5.41 Å². The number of hydrogen-bond acceptors (Lipinski definition) is 1. The summed E-state index contributed by atoms with van der Waals surface area (Å²) in [5, 5.41) is 10.2. The molecule has 0 amide bonds. The first-order valence-electron chi connectivity index (χ1n) is 10.1. The molecule has 0 heterocycles. The molecule has 2 aromatic carbocycles. The van der Waals surface area contributed by atoms with E-state index in [1.165, 1.54) is 5.57 Å². The SMILES string of the molecule is C=C[C@@](C)(/C=C/c1ccc(O)c(/C=C/C=C/c2ccccc2)c1)CCC=C(C)C. The molecule has 0 saturated carbocycles. The molecule has 0 radical (unpaired) electrons. The lowest BCUT2D eigenvalue weighted by atomic mass is 9.84. The smallest absolute Gasteiger partial charge is 0.122 e. The average Bonchev–Trinajstić information content (AvgIpc) is 2.72. The second-order valence-corrected chi connectivity index (χ2v) is 7.81. The van der Waals surface area contributed by atoms with E-state index in [1.807, 2.05) is 60.7 Å². The maximum absolute atomic E-state index is 10.2. The molecule has 150 valence electrons. The van der Waals surface area contributed by atoms with Crippen molar-refractivity contribution in [1.29, 1.82) is 0 Å². The largest absolute Gasteiger partial charge is 0.507 e. The molecule has 1 atom stereocenters. The van der Waals surface area contributed by atoms with E-state index in [2.05, 4.69) is 57.7 Å². The van der Waals surface area contributed by atoms with Crippen molar-refractivity contribution in [1.82, 2.24) is 0 Å². The Hall–Kier alpha value is -3.06. The van der Waals surface area contributed by atoms with Gasteiger partial charge >= 0.3 is 0 Å². The van der Waals surface area contributed by atoms with Gasteiger partial charge < -0.3 is 5.11 Å². The molecule has 0 spiro atoms. The second kappa shape index (κ2) is 11.1. The van der Waals surface area contributed by atoms with Crippen molar-refractivity contribution in [3.8, 4) is 5.75 Å². The molecule has 1 N–H and O–H groups in total. The fourth-order valence-corrected chi connectivity index (χ4v) is 2.91. The highest BCUT2D eigenvalue weighted by molar-refractivity contribution is 5.65. The van der Waals surface area contributed by atoms with E-state index in [-0.39, 0.29) is 11.2 Å². The Bertz CT molecular complexity index is 909. The zero-order chi connectivity index (χ0) is 21.1. The van der Waals surface area contributed by atoms with Crippen LogP contribution in [0.5, 0.6) is 5.75 Å². The van der Waals surface area contributed by atoms with Crippen LogP contribution >= 0.6 is 0 Å². The highest BCUT2D eigenvalue weighted by Crippen LogP contribution is 2.29. The molecule has 0 aliphatic heterocycles. The summed E-state index contributed by atoms with van der Waals surface area (Å²) in [7, 11) is 0. The van der Waals surface area contributed by atoms with Crippen LogP contribution in [0.4, 0.5) is 0 Å². The first kappa shape index (κ1) is 22.2. The normalized spacial score (nSPS) is 13.8. The fraction of sp³-hybridized carbons (Fsp3) is 0.214. The third kappa shape index (κ3) is 7.83. The molecular formula is C28H32O. The predicted molar refractivity (Wildman–Crippen MR) is 129 cm³/mol. The van der Waals surface area contributed by atoms with Crippen molar-refractivity contribution < 1.29 is 5.11 Å². The van der Waals surface area contributed by atoms with Gasteiger partial charge in [0.1, 0.15) is 5.75 Å². The van der Waals surface area contributed by atoms with Crippen molar-refractivity contribution in [2.75, 3.05) is 0 Å². The van der Waals surface area contributed by atoms with E-state index in [0.29, 0.717) is 0 Å². The van der Waals surface area contributed by atoms with Crippen LogP contribution in [0.15, 0.2) is 91.1 Å². The molecule has 0 aromatic heterocycles. The molecule has 0 bridgehead atoms. The maximum Gasteiger partial charge on any atom is 0.122 e. The Morgan fingerprint density at radius 1 is 0.966 bits per heavy atom.